The van der Waals surface area contributed by atoms with Crippen LogP contribution < -0.4 is 20.1 Å². The Morgan fingerprint density at radius 1 is 1.28 bits per heavy atom. The van der Waals surface area contributed by atoms with Crippen LogP contribution in [0.15, 0.2) is 28.8 Å². The number of nitrogens with one attached hydrogen (secondary N) is 2. The van der Waals surface area contributed by atoms with Gasteiger partial charge in [-0.25, -0.2) is 0 Å². The molecular weight excluding hydrogens is 392 g/mol. The molecule has 0 aromatic heterocycles. The molecule has 2 amide bonds. The summed E-state index contributed by atoms with van der Waals surface area (Å²) < 4.78 is 10.4. The fourth-order valence-corrected chi connectivity index (χ4v) is 3.92. The topological polar surface area (TPSA) is 124 Å². The predicted octanol–water partition coefficient (Wildman–Crippen LogP) is 2.08. The fraction of sp³-hybridized carbons (Fsp3) is 0.400. The van der Waals surface area contributed by atoms with Gasteiger partial charge in [-0.3, -0.25) is 9.59 Å². The number of methoxy groups -OCH3 is 2. The summed E-state index contributed by atoms with van der Waals surface area (Å²) in [4.78, 5) is 24.4. The first kappa shape index (κ1) is 22.1. The number of amides is 2. The molecular formula is C20H22N4O4S. The maximum atomic E-state index is 12.2. The van der Waals surface area contributed by atoms with Crippen LogP contribution in [-0.4, -0.2) is 31.8 Å². The summed E-state index contributed by atoms with van der Waals surface area (Å²) in [5, 5.41) is 24.4. The lowest BCUT2D eigenvalue weighted by Crippen LogP contribution is -2.44. The molecule has 0 bridgehead atoms. The number of allylic oxidation sites excluding steroid dienone is 1. The molecule has 9 heteroatoms. The average molecular weight is 414 g/mol. The predicted molar refractivity (Wildman–Crippen MR) is 108 cm³/mol. The molecule has 0 radical (unpaired) electrons. The summed E-state index contributed by atoms with van der Waals surface area (Å²) in [7, 11) is 3.08. The monoisotopic (exact) mass is 414 g/mol. The average Bonchev–Trinajstić information content (AvgIpc) is 2.69. The second-order valence-electron chi connectivity index (χ2n) is 6.84. The molecule has 1 aliphatic rings. The van der Waals surface area contributed by atoms with Crippen molar-refractivity contribution < 1.29 is 19.1 Å². The highest BCUT2D eigenvalue weighted by molar-refractivity contribution is 8.03. The van der Waals surface area contributed by atoms with Crippen molar-refractivity contribution in [2.24, 2.45) is 11.3 Å². The van der Waals surface area contributed by atoms with Gasteiger partial charge in [0, 0.05) is 12.0 Å². The number of carbonyl (C=O) groups excluding carboxylic acids is 2. The number of hydrogen-bond donors (Lipinski definition) is 2. The van der Waals surface area contributed by atoms with Crippen LogP contribution >= 0.6 is 11.8 Å². The van der Waals surface area contributed by atoms with Crippen molar-refractivity contribution in [3.05, 3.63) is 34.4 Å². The lowest BCUT2D eigenvalue weighted by Gasteiger charge is -2.34. The molecule has 8 nitrogen and oxygen atoms in total. The zero-order chi connectivity index (χ0) is 21.6. The molecule has 1 atom stereocenters. The molecule has 2 rings (SSSR count). The lowest BCUT2D eigenvalue weighted by atomic mass is 9.72. The Morgan fingerprint density at radius 3 is 2.55 bits per heavy atom. The highest BCUT2D eigenvalue weighted by Crippen LogP contribution is 2.41. The van der Waals surface area contributed by atoms with Crippen LogP contribution in [0.2, 0.25) is 0 Å². The summed E-state index contributed by atoms with van der Waals surface area (Å²) in [5.41, 5.74) is 0.202. The van der Waals surface area contributed by atoms with Crippen LogP contribution in [0.3, 0.4) is 0 Å². The van der Waals surface area contributed by atoms with Gasteiger partial charge in [-0.05, 0) is 17.7 Å². The van der Waals surface area contributed by atoms with Crippen LogP contribution in [0.25, 0.3) is 0 Å². The normalized spacial score (nSPS) is 17.6. The van der Waals surface area contributed by atoms with Gasteiger partial charge >= 0.3 is 0 Å². The number of thioether (sulfide) groups is 1. The SMILES string of the molecule is COc1ccc(CNC(=O)CSC2=C(C#N)C(C)(C)[C@@H](C#N)C(=O)N2)cc1OC. The molecule has 0 spiro atoms. The van der Waals surface area contributed by atoms with Crippen molar-refractivity contribution in [2.75, 3.05) is 20.0 Å². The van der Waals surface area contributed by atoms with Gasteiger partial charge in [0.2, 0.25) is 11.8 Å². The summed E-state index contributed by atoms with van der Waals surface area (Å²) in [6.45, 7) is 3.64. The van der Waals surface area contributed by atoms with Crippen molar-refractivity contribution in [3.63, 3.8) is 0 Å². The molecule has 0 unspecified atom stereocenters. The highest BCUT2D eigenvalue weighted by Gasteiger charge is 2.44. The first-order valence-electron chi connectivity index (χ1n) is 8.74. The van der Waals surface area contributed by atoms with Crippen LogP contribution in [0, 0.1) is 34.0 Å². The number of nitrogens with zero attached hydrogens (tertiary/aromatic N) is 2. The van der Waals surface area contributed by atoms with Crippen molar-refractivity contribution in [2.45, 2.75) is 20.4 Å². The Bertz CT molecular complexity index is 927. The molecule has 152 valence electrons. The minimum atomic E-state index is -0.958. The Morgan fingerprint density at radius 2 is 1.97 bits per heavy atom. The van der Waals surface area contributed by atoms with Gasteiger partial charge in [-0.2, -0.15) is 10.5 Å². The van der Waals surface area contributed by atoms with Gasteiger partial charge < -0.3 is 20.1 Å². The van der Waals surface area contributed by atoms with Gasteiger partial charge in [-0.15, -0.1) is 0 Å². The molecule has 29 heavy (non-hydrogen) atoms. The maximum absolute atomic E-state index is 12.2. The summed E-state index contributed by atoms with van der Waals surface area (Å²) in [6, 6.07) is 9.36. The fourth-order valence-electron chi connectivity index (χ4n) is 2.91. The van der Waals surface area contributed by atoms with Crippen LogP contribution in [-0.2, 0) is 16.1 Å². The van der Waals surface area contributed by atoms with E-state index in [0.717, 1.165) is 17.3 Å². The maximum Gasteiger partial charge on any atom is 0.243 e. The van der Waals surface area contributed by atoms with Gasteiger partial charge in [0.15, 0.2) is 11.5 Å². The van der Waals surface area contributed by atoms with Gasteiger partial charge in [0.25, 0.3) is 0 Å². The van der Waals surface area contributed by atoms with Crippen LogP contribution in [0.1, 0.15) is 19.4 Å². The molecule has 1 aliphatic heterocycles. The van der Waals surface area contributed by atoms with E-state index in [4.69, 9.17) is 9.47 Å². The largest absolute Gasteiger partial charge is 0.493 e. The number of hydrogen-bond acceptors (Lipinski definition) is 7. The molecule has 1 heterocycles. The molecule has 0 saturated heterocycles. The van der Waals surface area contributed by atoms with E-state index in [1.807, 2.05) is 12.1 Å². The molecule has 0 saturated carbocycles. The third-order valence-electron chi connectivity index (χ3n) is 4.62. The Balaban J connectivity index is 2.02. The minimum absolute atomic E-state index is 0.0153. The van der Waals surface area contributed by atoms with E-state index in [2.05, 4.69) is 16.7 Å². The van der Waals surface area contributed by atoms with Crippen molar-refractivity contribution in [1.82, 2.24) is 10.6 Å². The van der Waals surface area contributed by atoms with Gasteiger partial charge in [0.1, 0.15) is 5.92 Å². The van der Waals surface area contributed by atoms with Gasteiger partial charge in [0.05, 0.1) is 42.7 Å². The summed E-state index contributed by atoms with van der Waals surface area (Å²) >= 11 is 1.06. The van der Waals surface area contributed by atoms with Crippen LogP contribution in [0.4, 0.5) is 0 Å². The summed E-state index contributed by atoms with van der Waals surface area (Å²) in [6.07, 6.45) is 0. The number of carbonyl (C=O) groups is 2. The zero-order valence-corrected chi connectivity index (χ0v) is 17.5. The Kier molecular flexibility index (Phi) is 7.13. The minimum Gasteiger partial charge on any atom is -0.493 e. The number of benzene rings is 1. The first-order chi connectivity index (χ1) is 13.8. The van der Waals surface area contributed by atoms with E-state index in [1.165, 1.54) is 7.11 Å². The summed E-state index contributed by atoms with van der Waals surface area (Å²) in [5.74, 6) is -0.507. The van der Waals surface area contributed by atoms with E-state index >= 15 is 0 Å². The van der Waals surface area contributed by atoms with E-state index < -0.39 is 17.2 Å². The van der Waals surface area contributed by atoms with E-state index in [0.29, 0.717) is 22.1 Å². The first-order valence-corrected chi connectivity index (χ1v) is 9.72. The molecule has 1 aromatic rings. The number of rotatable bonds is 7. The third-order valence-corrected chi connectivity index (χ3v) is 5.62. The smallest absolute Gasteiger partial charge is 0.243 e. The van der Waals surface area contributed by atoms with Crippen LogP contribution in [0.5, 0.6) is 11.5 Å². The number of ether oxygens (including phenoxy) is 2. The Labute approximate surface area is 173 Å². The quantitative estimate of drug-likeness (QED) is 0.700. The Hall–Kier alpha value is -3.17. The standard InChI is InChI=1S/C20H22N4O4S/c1-20(2)13(8-21)18(26)24-19(14(20)9-22)29-11-17(25)23-10-12-5-6-15(27-3)16(7-12)28-4/h5-7,13H,10-11H2,1-4H3,(H,23,25)(H,24,26)/t13-/m0/s1. The zero-order valence-electron chi connectivity index (χ0n) is 16.7. The lowest BCUT2D eigenvalue weighted by molar-refractivity contribution is -0.125. The van der Waals surface area contributed by atoms with Crippen molar-refractivity contribution in [3.8, 4) is 23.6 Å². The highest BCUT2D eigenvalue weighted by atomic mass is 32.2. The molecule has 2 N–H and O–H groups in total. The number of nitriles is 2. The van der Waals surface area contributed by atoms with E-state index in [-0.39, 0.29) is 18.2 Å². The van der Waals surface area contributed by atoms with Gasteiger partial charge in [-0.1, -0.05) is 31.7 Å². The molecule has 1 aromatic carbocycles. The van der Waals surface area contributed by atoms with Crippen molar-refractivity contribution >= 4 is 23.6 Å². The van der Waals surface area contributed by atoms with Crippen molar-refractivity contribution in [1.29, 1.82) is 10.5 Å². The second-order valence-corrected chi connectivity index (χ2v) is 7.83. The third kappa shape index (κ3) is 4.82. The van der Waals surface area contributed by atoms with E-state index in [1.54, 1.807) is 33.1 Å². The second kappa shape index (κ2) is 9.35. The van der Waals surface area contributed by atoms with E-state index in [9.17, 15) is 20.1 Å². The molecule has 0 fully saturated rings. The molecule has 0 aliphatic carbocycles.